The fourth-order valence-corrected chi connectivity index (χ4v) is 6.07. The monoisotopic (exact) mass is 421 g/mol. The predicted molar refractivity (Wildman–Crippen MR) is 111 cm³/mol. The predicted octanol–water partition coefficient (Wildman–Crippen LogP) is 3.03. The molecule has 0 bridgehead atoms. The smallest absolute Gasteiger partial charge is 0.243 e. The Balaban J connectivity index is 1.46. The van der Waals surface area contributed by atoms with Crippen molar-refractivity contribution >= 4 is 27.3 Å². The van der Waals surface area contributed by atoms with E-state index in [1.165, 1.54) is 11.3 Å². The maximum Gasteiger partial charge on any atom is 0.243 e. The van der Waals surface area contributed by atoms with Gasteiger partial charge in [0.2, 0.25) is 15.9 Å². The maximum atomic E-state index is 12.7. The van der Waals surface area contributed by atoms with Crippen LogP contribution < -0.4 is 0 Å². The second-order valence-corrected chi connectivity index (χ2v) is 9.97. The molecule has 8 heteroatoms. The third kappa shape index (κ3) is 5.40. The lowest BCUT2D eigenvalue weighted by molar-refractivity contribution is -0.130. The van der Waals surface area contributed by atoms with Gasteiger partial charge in [-0.1, -0.05) is 6.07 Å². The molecule has 1 atom stereocenters. The molecular formula is C20H27N3O3S2. The Kier molecular flexibility index (Phi) is 7.20. The second kappa shape index (κ2) is 9.62. The Morgan fingerprint density at radius 1 is 1.36 bits per heavy atom. The van der Waals surface area contributed by atoms with E-state index in [2.05, 4.69) is 4.98 Å². The zero-order valence-electron chi connectivity index (χ0n) is 16.2. The number of pyridine rings is 1. The molecule has 3 heterocycles. The van der Waals surface area contributed by atoms with Crippen LogP contribution in [-0.2, 0) is 21.2 Å². The molecule has 1 amide bonds. The molecule has 2 aromatic rings. The molecule has 1 aliphatic rings. The Morgan fingerprint density at radius 3 is 2.93 bits per heavy atom. The first-order valence-electron chi connectivity index (χ1n) is 9.63. The summed E-state index contributed by atoms with van der Waals surface area (Å²) in [6.45, 7) is 1.70. The molecule has 1 fully saturated rings. The summed E-state index contributed by atoms with van der Waals surface area (Å²) < 4.78 is 27.0. The molecular weight excluding hydrogens is 394 g/mol. The lowest BCUT2D eigenvalue weighted by Crippen LogP contribution is -2.40. The summed E-state index contributed by atoms with van der Waals surface area (Å²) in [7, 11) is -1.59. The average Bonchev–Trinajstić information content (AvgIpc) is 3.27. The van der Waals surface area contributed by atoms with Gasteiger partial charge in [0, 0.05) is 56.8 Å². The molecule has 6 nitrogen and oxygen atoms in total. The minimum Gasteiger partial charge on any atom is -0.345 e. The van der Waals surface area contributed by atoms with Gasteiger partial charge >= 0.3 is 0 Å². The highest BCUT2D eigenvalue weighted by atomic mass is 32.2. The Bertz CT molecular complexity index is 854. The molecule has 0 unspecified atom stereocenters. The molecule has 152 valence electrons. The molecule has 28 heavy (non-hydrogen) atoms. The Labute approximate surface area is 171 Å². The fraction of sp³-hybridized carbons (Fsp3) is 0.500. The van der Waals surface area contributed by atoms with Crippen LogP contribution in [0.25, 0.3) is 0 Å². The van der Waals surface area contributed by atoms with Gasteiger partial charge in [0.1, 0.15) is 0 Å². The van der Waals surface area contributed by atoms with Gasteiger partial charge in [-0.2, -0.15) is 15.6 Å². The summed E-state index contributed by atoms with van der Waals surface area (Å²) in [6, 6.07) is 7.44. The molecule has 1 aliphatic heterocycles. The summed E-state index contributed by atoms with van der Waals surface area (Å²) >= 11 is 1.39. The van der Waals surface area contributed by atoms with Gasteiger partial charge in [-0.15, -0.1) is 0 Å². The quantitative estimate of drug-likeness (QED) is 0.657. The summed E-state index contributed by atoms with van der Waals surface area (Å²) in [6.07, 6.45) is 5.49. The number of aromatic nitrogens is 1. The standard InChI is InChI=1S/C20H27N3O3S2/c1-22(13-9-18-6-2-3-11-21-18)20(24)8-7-17-5-4-12-23(15-17)28(25,26)19-10-14-27-16-19/h2-3,6,10-11,14,16-17H,4-5,7-9,12-13,15H2,1H3/t17-/m0/s1. The van der Waals surface area contributed by atoms with Crippen LogP contribution in [0.3, 0.4) is 0 Å². The lowest BCUT2D eigenvalue weighted by atomic mass is 9.94. The number of thiophene rings is 1. The van der Waals surface area contributed by atoms with Gasteiger partial charge < -0.3 is 4.90 Å². The normalized spacial score (nSPS) is 18.1. The van der Waals surface area contributed by atoms with Crippen LogP contribution >= 0.6 is 11.3 Å². The highest BCUT2D eigenvalue weighted by molar-refractivity contribution is 7.89. The van der Waals surface area contributed by atoms with Gasteiger partial charge in [-0.3, -0.25) is 9.78 Å². The van der Waals surface area contributed by atoms with E-state index in [0.29, 0.717) is 31.0 Å². The van der Waals surface area contributed by atoms with E-state index in [1.54, 1.807) is 32.2 Å². The summed E-state index contributed by atoms with van der Waals surface area (Å²) in [5.74, 6) is 0.337. The topological polar surface area (TPSA) is 70.6 Å². The van der Waals surface area contributed by atoms with Gasteiger partial charge in [0.25, 0.3) is 0 Å². The van der Waals surface area contributed by atoms with E-state index in [0.717, 1.165) is 31.4 Å². The molecule has 0 spiro atoms. The number of sulfonamides is 1. The summed E-state index contributed by atoms with van der Waals surface area (Å²) in [4.78, 5) is 18.9. The summed E-state index contributed by atoms with van der Waals surface area (Å²) in [5, 5.41) is 3.47. The maximum absolute atomic E-state index is 12.7. The fourth-order valence-electron chi connectivity index (χ4n) is 3.50. The van der Waals surface area contributed by atoms with E-state index < -0.39 is 10.0 Å². The summed E-state index contributed by atoms with van der Waals surface area (Å²) in [5.41, 5.74) is 0.976. The van der Waals surface area contributed by atoms with Crippen LogP contribution in [0.5, 0.6) is 0 Å². The molecule has 3 rings (SSSR count). The van der Waals surface area contributed by atoms with Crippen molar-refractivity contribution in [2.75, 3.05) is 26.7 Å². The average molecular weight is 422 g/mol. The Morgan fingerprint density at radius 2 is 2.21 bits per heavy atom. The molecule has 0 N–H and O–H groups in total. The number of piperidine rings is 1. The van der Waals surface area contributed by atoms with Crippen LogP contribution in [-0.4, -0.2) is 55.2 Å². The minimum atomic E-state index is -3.40. The first kappa shape index (κ1) is 21.0. The lowest BCUT2D eigenvalue weighted by Gasteiger charge is -2.32. The van der Waals surface area contributed by atoms with Gasteiger partial charge in [0.05, 0.1) is 4.90 Å². The third-order valence-corrected chi connectivity index (χ3v) is 7.93. The van der Waals surface area contributed by atoms with E-state index in [-0.39, 0.29) is 11.8 Å². The van der Waals surface area contributed by atoms with Crippen molar-refractivity contribution in [2.45, 2.75) is 37.0 Å². The van der Waals surface area contributed by atoms with E-state index in [1.807, 2.05) is 25.2 Å². The first-order valence-corrected chi connectivity index (χ1v) is 12.0. The minimum absolute atomic E-state index is 0.105. The zero-order chi connectivity index (χ0) is 20.0. The van der Waals surface area contributed by atoms with Gasteiger partial charge in [-0.25, -0.2) is 8.42 Å². The molecule has 0 aliphatic carbocycles. The second-order valence-electron chi connectivity index (χ2n) is 7.26. The van der Waals surface area contributed by atoms with Crippen LogP contribution in [0.4, 0.5) is 0 Å². The van der Waals surface area contributed by atoms with Crippen molar-refractivity contribution in [1.82, 2.24) is 14.2 Å². The largest absolute Gasteiger partial charge is 0.345 e. The van der Waals surface area contributed by atoms with Crippen molar-refractivity contribution in [2.24, 2.45) is 5.92 Å². The molecule has 2 aromatic heterocycles. The number of nitrogens with zero attached hydrogens (tertiary/aromatic N) is 3. The van der Waals surface area contributed by atoms with Crippen molar-refractivity contribution in [3.63, 3.8) is 0 Å². The van der Waals surface area contributed by atoms with E-state index in [4.69, 9.17) is 0 Å². The highest BCUT2D eigenvalue weighted by Gasteiger charge is 2.30. The van der Waals surface area contributed by atoms with E-state index >= 15 is 0 Å². The van der Waals surface area contributed by atoms with Crippen molar-refractivity contribution in [3.8, 4) is 0 Å². The van der Waals surface area contributed by atoms with Gasteiger partial charge in [0.15, 0.2) is 0 Å². The molecule has 0 saturated carbocycles. The number of carbonyl (C=O) groups excluding carboxylic acids is 1. The molecule has 0 aromatic carbocycles. The van der Waals surface area contributed by atoms with Crippen molar-refractivity contribution in [3.05, 3.63) is 46.9 Å². The molecule has 1 saturated heterocycles. The Hall–Kier alpha value is -1.77. The van der Waals surface area contributed by atoms with Gasteiger partial charge in [-0.05, 0) is 48.8 Å². The number of likely N-dealkylation sites (N-methyl/N-ethyl adjacent to an activating group) is 1. The number of hydrogen-bond donors (Lipinski definition) is 0. The third-order valence-electron chi connectivity index (χ3n) is 5.24. The highest BCUT2D eigenvalue weighted by Crippen LogP contribution is 2.27. The van der Waals surface area contributed by atoms with Crippen LogP contribution in [0.1, 0.15) is 31.4 Å². The van der Waals surface area contributed by atoms with Crippen LogP contribution in [0, 0.1) is 5.92 Å². The SMILES string of the molecule is CN(CCc1ccccn1)C(=O)CC[C@@H]1CCCN(S(=O)(=O)c2ccsc2)C1. The van der Waals surface area contributed by atoms with E-state index in [9.17, 15) is 13.2 Å². The number of rotatable bonds is 8. The number of hydrogen-bond acceptors (Lipinski definition) is 5. The first-order chi connectivity index (χ1) is 13.5. The number of carbonyl (C=O) groups is 1. The van der Waals surface area contributed by atoms with Crippen LogP contribution in [0.2, 0.25) is 0 Å². The van der Waals surface area contributed by atoms with Crippen molar-refractivity contribution < 1.29 is 13.2 Å². The zero-order valence-corrected chi connectivity index (χ0v) is 17.8. The molecule has 0 radical (unpaired) electrons. The van der Waals surface area contributed by atoms with Crippen LogP contribution in [0.15, 0.2) is 46.1 Å². The van der Waals surface area contributed by atoms with Crippen molar-refractivity contribution in [1.29, 1.82) is 0 Å². The number of amides is 1.